The smallest absolute Gasteiger partial charge is 0.241 e. The van der Waals surface area contributed by atoms with Crippen molar-refractivity contribution >= 4 is 10.0 Å². The summed E-state index contributed by atoms with van der Waals surface area (Å²) in [6.07, 6.45) is 3.41. The van der Waals surface area contributed by atoms with Gasteiger partial charge in [0.15, 0.2) is 0 Å². The van der Waals surface area contributed by atoms with Crippen molar-refractivity contribution in [1.82, 2.24) is 10.0 Å². The average molecular weight is 308 g/mol. The molecule has 0 aliphatic heterocycles. The van der Waals surface area contributed by atoms with Crippen LogP contribution in [0.1, 0.15) is 42.9 Å². The first-order valence-corrected chi connectivity index (χ1v) is 9.21. The average Bonchev–Trinajstić information content (AvgIpc) is 3.28. The van der Waals surface area contributed by atoms with Gasteiger partial charge in [-0.3, -0.25) is 0 Å². The normalized spacial score (nSPS) is 25.1. The van der Waals surface area contributed by atoms with Gasteiger partial charge >= 0.3 is 0 Å². The second-order valence-electron chi connectivity index (χ2n) is 6.64. The van der Waals surface area contributed by atoms with E-state index in [4.69, 9.17) is 0 Å². The fraction of sp³-hybridized carbons (Fsp3) is 0.625. The fourth-order valence-corrected chi connectivity index (χ4v) is 4.28. The van der Waals surface area contributed by atoms with E-state index in [9.17, 15) is 8.42 Å². The molecule has 2 aliphatic carbocycles. The van der Waals surface area contributed by atoms with E-state index in [0.717, 1.165) is 29.7 Å². The molecular formula is C16H24N2O2S. The highest BCUT2D eigenvalue weighted by atomic mass is 32.2. The molecule has 0 aromatic heterocycles. The summed E-state index contributed by atoms with van der Waals surface area (Å²) in [5.74, 6) is 0.460. The lowest BCUT2D eigenvalue weighted by Gasteiger charge is -2.14. The SMILES string of the molecule is Cc1cc(C)c(S(=O)(=O)NC2CC2C)cc1CNC1CC1. The van der Waals surface area contributed by atoms with Gasteiger partial charge in [-0.15, -0.1) is 0 Å². The molecule has 116 valence electrons. The maximum Gasteiger partial charge on any atom is 0.241 e. The van der Waals surface area contributed by atoms with Crippen molar-refractivity contribution in [2.24, 2.45) is 5.92 Å². The molecule has 4 nitrogen and oxygen atoms in total. The number of hydrogen-bond donors (Lipinski definition) is 2. The molecule has 0 saturated heterocycles. The summed E-state index contributed by atoms with van der Waals surface area (Å²) >= 11 is 0. The molecule has 2 aliphatic rings. The van der Waals surface area contributed by atoms with Crippen molar-refractivity contribution in [1.29, 1.82) is 0 Å². The molecule has 0 amide bonds. The molecule has 3 rings (SSSR count). The summed E-state index contributed by atoms with van der Waals surface area (Å²) in [4.78, 5) is 0.430. The molecule has 0 radical (unpaired) electrons. The lowest BCUT2D eigenvalue weighted by molar-refractivity contribution is 0.577. The van der Waals surface area contributed by atoms with Crippen LogP contribution >= 0.6 is 0 Å². The maximum atomic E-state index is 12.5. The first-order chi connectivity index (χ1) is 9.87. The van der Waals surface area contributed by atoms with E-state index in [1.807, 2.05) is 26.0 Å². The lowest BCUT2D eigenvalue weighted by atomic mass is 10.1. The molecule has 2 unspecified atom stereocenters. The molecule has 2 saturated carbocycles. The third-order valence-electron chi connectivity index (χ3n) is 4.50. The number of rotatable bonds is 6. The molecule has 2 fully saturated rings. The summed E-state index contributed by atoms with van der Waals surface area (Å²) in [6.45, 7) is 6.74. The molecule has 21 heavy (non-hydrogen) atoms. The van der Waals surface area contributed by atoms with E-state index in [0.29, 0.717) is 16.9 Å². The van der Waals surface area contributed by atoms with E-state index < -0.39 is 10.0 Å². The largest absolute Gasteiger partial charge is 0.310 e. The minimum absolute atomic E-state index is 0.115. The van der Waals surface area contributed by atoms with Crippen LogP contribution in [0, 0.1) is 19.8 Å². The standard InChI is InChI=1S/C16H24N2O2S/c1-10-6-12(3)16(8-13(10)9-17-14-4-5-14)21(19,20)18-15-7-11(15)2/h6,8,11,14-15,17-18H,4-5,7,9H2,1-3H3. The zero-order valence-corrected chi connectivity index (χ0v) is 13.8. The molecule has 2 atom stereocenters. The molecule has 1 aromatic rings. The van der Waals surface area contributed by atoms with Gasteiger partial charge in [0.25, 0.3) is 0 Å². The highest BCUT2D eigenvalue weighted by Crippen LogP contribution is 2.31. The van der Waals surface area contributed by atoms with Gasteiger partial charge in [0, 0.05) is 18.6 Å². The topological polar surface area (TPSA) is 58.2 Å². The molecular weight excluding hydrogens is 284 g/mol. The van der Waals surface area contributed by atoms with Crippen molar-refractivity contribution in [3.63, 3.8) is 0 Å². The van der Waals surface area contributed by atoms with E-state index in [1.165, 1.54) is 12.8 Å². The zero-order chi connectivity index (χ0) is 15.2. The Morgan fingerprint density at radius 3 is 2.43 bits per heavy atom. The number of benzene rings is 1. The van der Waals surface area contributed by atoms with Gasteiger partial charge in [-0.2, -0.15) is 0 Å². The molecule has 0 heterocycles. The third kappa shape index (κ3) is 3.47. The van der Waals surface area contributed by atoms with Crippen molar-refractivity contribution in [3.8, 4) is 0 Å². The summed E-state index contributed by atoms with van der Waals surface area (Å²) in [6, 6.07) is 4.56. The van der Waals surface area contributed by atoms with Gasteiger partial charge < -0.3 is 5.32 Å². The maximum absolute atomic E-state index is 12.5. The Bertz CT molecular complexity index is 650. The Kier molecular flexibility index (Phi) is 3.84. The van der Waals surface area contributed by atoms with Crippen LogP contribution in [0.5, 0.6) is 0 Å². The number of aryl methyl sites for hydroxylation is 2. The van der Waals surface area contributed by atoms with Crippen molar-refractivity contribution in [3.05, 3.63) is 28.8 Å². The van der Waals surface area contributed by atoms with Gasteiger partial charge in [0.05, 0.1) is 4.90 Å². The van der Waals surface area contributed by atoms with Crippen molar-refractivity contribution in [2.45, 2.75) is 63.6 Å². The van der Waals surface area contributed by atoms with Gasteiger partial charge in [0.1, 0.15) is 0 Å². The summed E-state index contributed by atoms with van der Waals surface area (Å²) in [5, 5.41) is 3.46. The third-order valence-corrected chi connectivity index (χ3v) is 6.13. The Labute approximate surface area is 127 Å². The van der Waals surface area contributed by atoms with Gasteiger partial charge in [-0.25, -0.2) is 13.1 Å². The highest BCUT2D eigenvalue weighted by molar-refractivity contribution is 7.89. The highest BCUT2D eigenvalue weighted by Gasteiger charge is 2.36. The molecule has 0 spiro atoms. The second kappa shape index (κ2) is 5.38. The van der Waals surface area contributed by atoms with Crippen LogP contribution in [0.2, 0.25) is 0 Å². The summed E-state index contributed by atoms with van der Waals surface area (Å²) in [5.41, 5.74) is 3.06. The van der Waals surface area contributed by atoms with Crippen LogP contribution < -0.4 is 10.0 Å². The predicted octanol–water partition coefficient (Wildman–Crippen LogP) is 2.24. The van der Waals surface area contributed by atoms with Crippen LogP contribution in [0.25, 0.3) is 0 Å². The number of sulfonamides is 1. The lowest BCUT2D eigenvalue weighted by Crippen LogP contribution is -2.28. The predicted molar refractivity (Wildman–Crippen MR) is 83.7 cm³/mol. The Morgan fingerprint density at radius 1 is 1.19 bits per heavy atom. The van der Waals surface area contributed by atoms with E-state index in [-0.39, 0.29) is 6.04 Å². The number of hydrogen-bond acceptors (Lipinski definition) is 3. The van der Waals surface area contributed by atoms with Gasteiger partial charge in [0.2, 0.25) is 10.0 Å². The molecule has 1 aromatic carbocycles. The van der Waals surface area contributed by atoms with Gasteiger partial charge in [-0.1, -0.05) is 13.0 Å². The number of nitrogens with one attached hydrogen (secondary N) is 2. The fourth-order valence-electron chi connectivity index (χ4n) is 2.65. The molecule has 2 N–H and O–H groups in total. The second-order valence-corrected chi connectivity index (χ2v) is 8.32. The van der Waals surface area contributed by atoms with Crippen LogP contribution in [0.3, 0.4) is 0 Å². The summed E-state index contributed by atoms with van der Waals surface area (Å²) < 4.78 is 27.9. The minimum Gasteiger partial charge on any atom is -0.310 e. The van der Waals surface area contributed by atoms with E-state index >= 15 is 0 Å². The summed E-state index contributed by atoms with van der Waals surface area (Å²) in [7, 11) is -3.40. The Morgan fingerprint density at radius 2 is 1.86 bits per heavy atom. The van der Waals surface area contributed by atoms with Crippen LogP contribution in [-0.2, 0) is 16.6 Å². The van der Waals surface area contributed by atoms with E-state index in [2.05, 4.69) is 17.0 Å². The van der Waals surface area contributed by atoms with Crippen molar-refractivity contribution in [2.75, 3.05) is 0 Å². The van der Waals surface area contributed by atoms with E-state index in [1.54, 1.807) is 0 Å². The van der Waals surface area contributed by atoms with Crippen LogP contribution in [0.15, 0.2) is 17.0 Å². The Balaban J connectivity index is 1.83. The molecule has 0 bridgehead atoms. The van der Waals surface area contributed by atoms with Gasteiger partial charge in [-0.05, 0) is 61.8 Å². The van der Waals surface area contributed by atoms with Crippen molar-refractivity contribution < 1.29 is 8.42 Å². The van der Waals surface area contributed by atoms with Crippen LogP contribution in [0.4, 0.5) is 0 Å². The van der Waals surface area contributed by atoms with Crippen LogP contribution in [-0.4, -0.2) is 20.5 Å². The Hall–Kier alpha value is -0.910. The minimum atomic E-state index is -3.40. The monoisotopic (exact) mass is 308 g/mol. The first-order valence-electron chi connectivity index (χ1n) is 7.72. The quantitative estimate of drug-likeness (QED) is 0.847. The zero-order valence-electron chi connectivity index (χ0n) is 12.9. The first kappa shape index (κ1) is 15.0. The molecule has 5 heteroatoms.